The van der Waals surface area contributed by atoms with Crippen molar-refractivity contribution in [2.75, 3.05) is 5.32 Å². The topological polar surface area (TPSA) is 55.1 Å². The third kappa shape index (κ3) is 2.83. The van der Waals surface area contributed by atoms with E-state index in [4.69, 9.17) is 17.3 Å². The summed E-state index contributed by atoms with van der Waals surface area (Å²) in [4.78, 5) is 12.4. The van der Waals surface area contributed by atoms with Crippen LogP contribution in [0.25, 0.3) is 0 Å². The average molecular weight is 281 g/mol. The molecule has 18 heavy (non-hydrogen) atoms. The molecule has 0 saturated carbocycles. The standard InChI is InChI=1S/C13H13ClN2OS/c1-8-11(13(15)17)3-2-4-12(8)16-6-10-5-9(14)7-18-10/h2-5,7,16H,6H2,1H3,(H2,15,17). The quantitative estimate of drug-likeness (QED) is 0.902. The second-order valence-electron chi connectivity index (χ2n) is 3.93. The summed E-state index contributed by atoms with van der Waals surface area (Å²) < 4.78 is 0. The Morgan fingerprint density at radius 2 is 2.28 bits per heavy atom. The molecule has 1 heterocycles. The Hall–Kier alpha value is -1.52. The van der Waals surface area contributed by atoms with Gasteiger partial charge in [0.1, 0.15) is 0 Å². The Kier molecular flexibility index (Phi) is 3.89. The lowest BCUT2D eigenvalue weighted by atomic mass is 10.1. The van der Waals surface area contributed by atoms with Crippen molar-refractivity contribution >= 4 is 34.5 Å². The van der Waals surface area contributed by atoms with Crippen molar-refractivity contribution in [2.45, 2.75) is 13.5 Å². The van der Waals surface area contributed by atoms with Crippen LogP contribution in [-0.2, 0) is 6.54 Å². The van der Waals surface area contributed by atoms with Crippen molar-refractivity contribution in [1.29, 1.82) is 0 Å². The minimum Gasteiger partial charge on any atom is -0.380 e. The van der Waals surface area contributed by atoms with E-state index in [2.05, 4.69) is 5.32 Å². The maximum atomic E-state index is 11.2. The lowest BCUT2D eigenvalue weighted by Gasteiger charge is -2.10. The molecule has 0 unspecified atom stereocenters. The first-order valence-electron chi connectivity index (χ1n) is 5.44. The lowest BCUT2D eigenvalue weighted by Crippen LogP contribution is -2.13. The summed E-state index contributed by atoms with van der Waals surface area (Å²) in [6, 6.07) is 7.39. The highest BCUT2D eigenvalue weighted by atomic mass is 35.5. The molecule has 0 fully saturated rings. The van der Waals surface area contributed by atoms with Gasteiger partial charge in [-0.05, 0) is 30.7 Å². The van der Waals surface area contributed by atoms with Gasteiger partial charge in [-0.15, -0.1) is 11.3 Å². The van der Waals surface area contributed by atoms with Crippen molar-refractivity contribution in [2.24, 2.45) is 5.73 Å². The number of thiophene rings is 1. The average Bonchev–Trinajstić information content (AvgIpc) is 2.73. The molecule has 94 valence electrons. The first kappa shape index (κ1) is 12.9. The molecule has 5 heteroatoms. The van der Waals surface area contributed by atoms with E-state index in [1.807, 2.05) is 30.5 Å². The van der Waals surface area contributed by atoms with Gasteiger partial charge < -0.3 is 11.1 Å². The van der Waals surface area contributed by atoms with Gasteiger partial charge in [0.15, 0.2) is 0 Å². The summed E-state index contributed by atoms with van der Waals surface area (Å²) in [5.41, 5.74) is 7.64. The van der Waals surface area contributed by atoms with Crippen molar-refractivity contribution in [3.05, 3.63) is 50.7 Å². The van der Waals surface area contributed by atoms with Crippen LogP contribution in [-0.4, -0.2) is 5.91 Å². The molecule has 1 aromatic heterocycles. The summed E-state index contributed by atoms with van der Waals surface area (Å²) in [5, 5.41) is 5.93. The summed E-state index contributed by atoms with van der Waals surface area (Å²) in [7, 11) is 0. The highest BCUT2D eigenvalue weighted by Gasteiger charge is 2.08. The molecule has 0 aliphatic heterocycles. The first-order chi connectivity index (χ1) is 8.58. The second kappa shape index (κ2) is 5.42. The number of amides is 1. The first-order valence-corrected chi connectivity index (χ1v) is 6.70. The smallest absolute Gasteiger partial charge is 0.249 e. The van der Waals surface area contributed by atoms with Crippen LogP contribution in [0.15, 0.2) is 29.6 Å². The molecule has 0 spiro atoms. The number of rotatable bonds is 4. The largest absolute Gasteiger partial charge is 0.380 e. The van der Waals surface area contributed by atoms with Crippen LogP contribution in [0.1, 0.15) is 20.8 Å². The minimum atomic E-state index is -0.407. The molecule has 0 aliphatic carbocycles. The Labute approximate surface area is 115 Å². The number of halogens is 1. The zero-order valence-corrected chi connectivity index (χ0v) is 11.4. The molecule has 2 rings (SSSR count). The fourth-order valence-corrected chi connectivity index (χ4v) is 2.74. The maximum Gasteiger partial charge on any atom is 0.249 e. The van der Waals surface area contributed by atoms with Crippen molar-refractivity contribution in [1.82, 2.24) is 0 Å². The molecule has 0 atom stereocenters. The van der Waals surface area contributed by atoms with Crippen LogP contribution in [0.5, 0.6) is 0 Å². The van der Waals surface area contributed by atoms with E-state index in [0.717, 1.165) is 21.2 Å². The highest BCUT2D eigenvalue weighted by Crippen LogP contribution is 2.22. The van der Waals surface area contributed by atoms with Crippen LogP contribution in [0.2, 0.25) is 5.02 Å². The zero-order chi connectivity index (χ0) is 13.1. The second-order valence-corrected chi connectivity index (χ2v) is 5.36. The highest BCUT2D eigenvalue weighted by molar-refractivity contribution is 7.10. The molecule has 1 amide bonds. The number of primary amides is 1. The van der Waals surface area contributed by atoms with E-state index in [-0.39, 0.29) is 0 Å². The molecule has 0 bridgehead atoms. The van der Waals surface area contributed by atoms with Gasteiger partial charge in [0.25, 0.3) is 0 Å². The third-order valence-corrected chi connectivity index (χ3v) is 3.96. The van der Waals surface area contributed by atoms with Crippen molar-refractivity contribution in [3.8, 4) is 0 Å². The molecule has 3 nitrogen and oxygen atoms in total. The molecule has 0 aliphatic rings. The van der Waals surface area contributed by atoms with Gasteiger partial charge in [-0.3, -0.25) is 4.79 Å². The van der Waals surface area contributed by atoms with Crippen molar-refractivity contribution in [3.63, 3.8) is 0 Å². The zero-order valence-electron chi connectivity index (χ0n) is 9.87. The summed E-state index contributed by atoms with van der Waals surface area (Å²) in [6.07, 6.45) is 0. The van der Waals surface area contributed by atoms with E-state index in [9.17, 15) is 4.79 Å². The van der Waals surface area contributed by atoms with Gasteiger partial charge in [0.2, 0.25) is 5.91 Å². The summed E-state index contributed by atoms with van der Waals surface area (Å²) in [6.45, 7) is 2.56. The Morgan fingerprint density at radius 1 is 1.50 bits per heavy atom. The number of anilines is 1. The van der Waals surface area contributed by atoms with E-state index >= 15 is 0 Å². The van der Waals surface area contributed by atoms with E-state index in [0.29, 0.717) is 12.1 Å². The Morgan fingerprint density at radius 3 is 2.89 bits per heavy atom. The number of nitrogens with one attached hydrogen (secondary N) is 1. The molecular weight excluding hydrogens is 268 g/mol. The molecule has 0 saturated heterocycles. The van der Waals surface area contributed by atoms with Gasteiger partial charge in [0, 0.05) is 28.1 Å². The molecule has 0 radical (unpaired) electrons. The van der Waals surface area contributed by atoms with Gasteiger partial charge in [0.05, 0.1) is 5.02 Å². The fraction of sp³-hybridized carbons (Fsp3) is 0.154. The minimum absolute atomic E-state index is 0.407. The predicted octanol–water partition coefficient (Wildman–Crippen LogP) is 3.42. The van der Waals surface area contributed by atoms with E-state index in [1.165, 1.54) is 0 Å². The predicted molar refractivity (Wildman–Crippen MR) is 76.4 cm³/mol. The number of carbonyl (C=O) groups excluding carboxylic acids is 1. The molecular formula is C13H13ClN2OS. The van der Waals surface area contributed by atoms with Crippen LogP contribution in [0.3, 0.4) is 0 Å². The van der Waals surface area contributed by atoms with Crippen LogP contribution < -0.4 is 11.1 Å². The fourth-order valence-electron chi connectivity index (χ4n) is 1.72. The van der Waals surface area contributed by atoms with Crippen molar-refractivity contribution < 1.29 is 4.79 Å². The monoisotopic (exact) mass is 280 g/mol. The third-order valence-electron chi connectivity index (χ3n) is 2.67. The van der Waals surface area contributed by atoms with Crippen LogP contribution in [0.4, 0.5) is 5.69 Å². The van der Waals surface area contributed by atoms with E-state index in [1.54, 1.807) is 17.4 Å². The lowest BCUT2D eigenvalue weighted by molar-refractivity contribution is 0.1000. The molecule has 1 aromatic carbocycles. The van der Waals surface area contributed by atoms with Gasteiger partial charge in [-0.1, -0.05) is 17.7 Å². The van der Waals surface area contributed by atoms with E-state index < -0.39 is 5.91 Å². The molecule has 2 aromatic rings. The SMILES string of the molecule is Cc1c(NCc2cc(Cl)cs2)cccc1C(N)=O. The molecule has 3 N–H and O–H groups in total. The van der Waals surface area contributed by atoms with Gasteiger partial charge >= 0.3 is 0 Å². The summed E-state index contributed by atoms with van der Waals surface area (Å²) >= 11 is 7.46. The summed E-state index contributed by atoms with van der Waals surface area (Å²) in [5.74, 6) is -0.407. The van der Waals surface area contributed by atoms with Gasteiger partial charge in [-0.25, -0.2) is 0 Å². The van der Waals surface area contributed by atoms with Crippen LogP contribution >= 0.6 is 22.9 Å². The number of carbonyl (C=O) groups is 1. The number of nitrogens with two attached hydrogens (primary N) is 1. The van der Waals surface area contributed by atoms with Gasteiger partial charge in [-0.2, -0.15) is 0 Å². The number of hydrogen-bond acceptors (Lipinski definition) is 3. The normalized spacial score (nSPS) is 10.3. The van der Waals surface area contributed by atoms with Crippen LogP contribution in [0, 0.1) is 6.92 Å². The number of benzene rings is 1. The Balaban J connectivity index is 2.14. The maximum absolute atomic E-state index is 11.2. The Bertz CT molecular complexity index is 580. The number of hydrogen-bond donors (Lipinski definition) is 2.